The molecule has 2 aliphatic rings. The topological polar surface area (TPSA) is 50.4 Å². The molecule has 2 rings (SSSR count). The Labute approximate surface area is 110 Å². The summed E-state index contributed by atoms with van der Waals surface area (Å²) in [5, 5.41) is 6.55. The molecule has 2 heterocycles. The third-order valence-corrected chi connectivity index (χ3v) is 4.34. The predicted molar refractivity (Wildman–Crippen MR) is 71.4 cm³/mol. The van der Waals surface area contributed by atoms with Crippen molar-refractivity contribution < 1.29 is 9.53 Å². The van der Waals surface area contributed by atoms with Gasteiger partial charge in [-0.15, -0.1) is 0 Å². The van der Waals surface area contributed by atoms with Crippen LogP contribution in [0.25, 0.3) is 0 Å². The molecule has 104 valence electrons. The van der Waals surface area contributed by atoms with Crippen molar-refractivity contribution in [3.8, 4) is 0 Å². The number of piperidine rings is 1. The van der Waals surface area contributed by atoms with Gasteiger partial charge in [-0.25, -0.2) is 0 Å². The van der Waals surface area contributed by atoms with E-state index in [9.17, 15) is 4.79 Å². The van der Waals surface area contributed by atoms with Crippen LogP contribution in [0.15, 0.2) is 0 Å². The third-order valence-electron chi connectivity index (χ3n) is 4.34. The van der Waals surface area contributed by atoms with Crippen molar-refractivity contribution in [2.45, 2.75) is 64.7 Å². The molecule has 0 spiro atoms. The summed E-state index contributed by atoms with van der Waals surface area (Å²) in [6.45, 7) is 8.33. The second-order valence-corrected chi connectivity index (χ2v) is 6.36. The Hall–Kier alpha value is -0.610. The molecule has 0 bridgehead atoms. The highest BCUT2D eigenvalue weighted by Crippen LogP contribution is 2.29. The van der Waals surface area contributed by atoms with E-state index in [-0.39, 0.29) is 23.5 Å². The number of ether oxygens (including phenoxy) is 1. The molecule has 2 aliphatic heterocycles. The smallest absolute Gasteiger partial charge is 0.249 e. The minimum absolute atomic E-state index is 0.0579. The van der Waals surface area contributed by atoms with E-state index in [0.29, 0.717) is 12.6 Å². The van der Waals surface area contributed by atoms with E-state index < -0.39 is 0 Å². The molecule has 18 heavy (non-hydrogen) atoms. The van der Waals surface area contributed by atoms with Gasteiger partial charge in [0.25, 0.3) is 0 Å². The van der Waals surface area contributed by atoms with E-state index in [1.54, 1.807) is 0 Å². The van der Waals surface area contributed by atoms with Crippen molar-refractivity contribution >= 4 is 5.91 Å². The van der Waals surface area contributed by atoms with E-state index in [1.807, 2.05) is 6.92 Å². The molecule has 0 aromatic heterocycles. The summed E-state index contributed by atoms with van der Waals surface area (Å²) >= 11 is 0. The van der Waals surface area contributed by atoms with Crippen molar-refractivity contribution in [2.75, 3.05) is 13.1 Å². The Balaban J connectivity index is 1.78. The Kier molecular flexibility index (Phi) is 4.28. The molecular formula is C14H26N2O2. The lowest BCUT2D eigenvalue weighted by molar-refractivity contribution is -0.132. The zero-order chi connectivity index (χ0) is 13.2. The van der Waals surface area contributed by atoms with Gasteiger partial charge in [0.2, 0.25) is 5.91 Å². The van der Waals surface area contributed by atoms with Crippen LogP contribution in [0.1, 0.15) is 46.5 Å². The Morgan fingerprint density at radius 3 is 2.83 bits per heavy atom. The lowest BCUT2D eigenvalue weighted by atomic mass is 9.77. The van der Waals surface area contributed by atoms with Crippen molar-refractivity contribution in [1.29, 1.82) is 0 Å². The average molecular weight is 254 g/mol. The summed E-state index contributed by atoms with van der Waals surface area (Å²) in [4.78, 5) is 12.0. The molecule has 0 aliphatic carbocycles. The Morgan fingerprint density at radius 2 is 2.22 bits per heavy atom. The van der Waals surface area contributed by atoms with Crippen molar-refractivity contribution in [1.82, 2.24) is 10.6 Å². The van der Waals surface area contributed by atoms with Crippen LogP contribution < -0.4 is 10.6 Å². The second-order valence-electron chi connectivity index (χ2n) is 6.36. The fourth-order valence-corrected chi connectivity index (χ4v) is 2.93. The number of hydrogen-bond donors (Lipinski definition) is 2. The average Bonchev–Trinajstić information content (AvgIpc) is 2.73. The van der Waals surface area contributed by atoms with Gasteiger partial charge >= 0.3 is 0 Å². The second kappa shape index (κ2) is 5.57. The molecule has 2 fully saturated rings. The summed E-state index contributed by atoms with van der Waals surface area (Å²) in [7, 11) is 0. The fraction of sp³-hybridized carbons (Fsp3) is 0.929. The molecule has 4 nitrogen and oxygen atoms in total. The van der Waals surface area contributed by atoms with Gasteiger partial charge < -0.3 is 15.4 Å². The molecule has 0 radical (unpaired) electrons. The van der Waals surface area contributed by atoms with Gasteiger partial charge in [-0.3, -0.25) is 4.79 Å². The molecule has 3 unspecified atom stereocenters. The van der Waals surface area contributed by atoms with Gasteiger partial charge in [-0.1, -0.05) is 13.8 Å². The molecule has 4 heteroatoms. The summed E-state index contributed by atoms with van der Waals surface area (Å²) in [6.07, 6.45) is 4.29. The van der Waals surface area contributed by atoms with Gasteiger partial charge in [0.05, 0.1) is 6.10 Å². The highest BCUT2D eigenvalue weighted by atomic mass is 16.5. The first-order valence-electron chi connectivity index (χ1n) is 7.15. The van der Waals surface area contributed by atoms with E-state index in [2.05, 4.69) is 24.5 Å². The zero-order valence-corrected chi connectivity index (χ0v) is 11.8. The van der Waals surface area contributed by atoms with Gasteiger partial charge in [0.15, 0.2) is 0 Å². The monoisotopic (exact) mass is 254 g/mol. The van der Waals surface area contributed by atoms with Gasteiger partial charge in [-0.2, -0.15) is 0 Å². The fourth-order valence-electron chi connectivity index (χ4n) is 2.93. The lowest BCUT2D eigenvalue weighted by Gasteiger charge is -2.39. The highest BCUT2D eigenvalue weighted by molar-refractivity contribution is 5.81. The van der Waals surface area contributed by atoms with Gasteiger partial charge in [0.1, 0.15) is 6.10 Å². The van der Waals surface area contributed by atoms with E-state index >= 15 is 0 Å². The van der Waals surface area contributed by atoms with E-state index in [0.717, 1.165) is 19.4 Å². The van der Waals surface area contributed by atoms with Crippen LogP contribution in [-0.4, -0.2) is 37.2 Å². The van der Waals surface area contributed by atoms with Crippen LogP contribution in [0.4, 0.5) is 0 Å². The van der Waals surface area contributed by atoms with Gasteiger partial charge in [-0.05, 0) is 44.6 Å². The number of hydrogen-bond acceptors (Lipinski definition) is 3. The summed E-state index contributed by atoms with van der Waals surface area (Å²) in [6, 6.07) is 0.369. The third kappa shape index (κ3) is 3.23. The molecule has 3 atom stereocenters. The predicted octanol–water partition coefficient (Wildman–Crippen LogP) is 1.45. The van der Waals surface area contributed by atoms with E-state index in [4.69, 9.17) is 4.74 Å². The Bertz CT molecular complexity index is 304. The quantitative estimate of drug-likeness (QED) is 0.801. The molecule has 2 saturated heterocycles. The first-order valence-corrected chi connectivity index (χ1v) is 7.15. The summed E-state index contributed by atoms with van der Waals surface area (Å²) < 4.78 is 5.58. The van der Waals surface area contributed by atoms with Crippen LogP contribution in [0.5, 0.6) is 0 Å². The normalized spacial score (nSPS) is 35.4. The maximum absolute atomic E-state index is 12.0. The largest absolute Gasteiger partial charge is 0.365 e. The molecule has 2 N–H and O–H groups in total. The molecule has 0 saturated carbocycles. The van der Waals surface area contributed by atoms with Crippen molar-refractivity contribution in [2.24, 2.45) is 5.41 Å². The standard InChI is InChI=1S/C14H26N2O2/c1-10-5-6-11(18-10)13(17)16-9-12-14(2,3)7-4-8-15-12/h10-12,15H,4-9H2,1-3H3,(H,16,17). The number of rotatable bonds is 3. The number of nitrogens with one attached hydrogen (secondary N) is 2. The lowest BCUT2D eigenvalue weighted by Crippen LogP contribution is -2.53. The van der Waals surface area contributed by atoms with Crippen LogP contribution in [-0.2, 0) is 9.53 Å². The molecule has 0 aromatic rings. The maximum Gasteiger partial charge on any atom is 0.249 e. The zero-order valence-electron chi connectivity index (χ0n) is 11.8. The minimum atomic E-state index is -0.230. The van der Waals surface area contributed by atoms with E-state index in [1.165, 1.54) is 12.8 Å². The number of carbonyl (C=O) groups excluding carboxylic acids is 1. The maximum atomic E-state index is 12.0. The Morgan fingerprint density at radius 1 is 1.44 bits per heavy atom. The van der Waals surface area contributed by atoms with Crippen molar-refractivity contribution in [3.63, 3.8) is 0 Å². The number of carbonyl (C=O) groups is 1. The number of amides is 1. The molecule has 0 aromatic carbocycles. The van der Waals surface area contributed by atoms with Crippen LogP contribution in [0.2, 0.25) is 0 Å². The first kappa shape index (κ1) is 13.8. The minimum Gasteiger partial charge on any atom is -0.365 e. The van der Waals surface area contributed by atoms with Crippen LogP contribution >= 0.6 is 0 Å². The first-order chi connectivity index (χ1) is 8.49. The van der Waals surface area contributed by atoms with Crippen LogP contribution in [0.3, 0.4) is 0 Å². The highest BCUT2D eigenvalue weighted by Gasteiger charge is 2.33. The summed E-state index contributed by atoms with van der Waals surface area (Å²) in [5.41, 5.74) is 0.259. The molecule has 1 amide bonds. The summed E-state index contributed by atoms with van der Waals surface area (Å²) in [5.74, 6) is 0.0579. The van der Waals surface area contributed by atoms with Crippen molar-refractivity contribution in [3.05, 3.63) is 0 Å². The SMILES string of the molecule is CC1CCC(C(=O)NCC2NCCCC2(C)C)O1. The van der Waals surface area contributed by atoms with Crippen LogP contribution in [0, 0.1) is 5.41 Å². The molecular weight excluding hydrogens is 228 g/mol. The van der Waals surface area contributed by atoms with Gasteiger partial charge in [0, 0.05) is 12.6 Å².